The number of rotatable bonds is 6. The summed E-state index contributed by atoms with van der Waals surface area (Å²) in [6.07, 6.45) is 0. The third-order valence-corrected chi connectivity index (χ3v) is 5.47. The van der Waals surface area contributed by atoms with Crippen LogP contribution in [0.4, 0.5) is 10.2 Å². The van der Waals surface area contributed by atoms with Crippen molar-refractivity contribution in [3.63, 3.8) is 0 Å². The molecule has 0 fully saturated rings. The van der Waals surface area contributed by atoms with Gasteiger partial charge in [0.15, 0.2) is 5.82 Å². The molecule has 27 heavy (non-hydrogen) atoms. The number of nitrogens with zero attached hydrogens (tertiary/aromatic N) is 1. The zero-order valence-electron chi connectivity index (χ0n) is 16.0. The van der Waals surface area contributed by atoms with Crippen LogP contribution in [0.5, 0.6) is 0 Å². The molecule has 9 heteroatoms. The third-order valence-electron chi connectivity index (χ3n) is 3.99. The lowest BCUT2D eigenvalue weighted by molar-refractivity contribution is -0.118. The van der Waals surface area contributed by atoms with E-state index in [1.165, 1.54) is 12.1 Å². The van der Waals surface area contributed by atoms with E-state index in [-0.39, 0.29) is 11.3 Å². The summed E-state index contributed by atoms with van der Waals surface area (Å²) < 4.78 is 41.2. The molecular weight excluding hydrogens is 371 g/mol. The average Bonchev–Trinajstić information content (AvgIpc) is 3.01. The van der Waals surface area contributed by atoms with Crippen molar-refractivity contribution >= 4 is 21.7 Å². The van der Waals surface area contributed by atoms with Crippen LogP contribution in [0.15, 0.2) is 35.2 Å². The Balaban J connectivity index is 2.21. The molecule has 1 aromatic heterocycles. The van der Waals surface area contributed by atoms with E-state index >= 15 is 0 Å². The summed E-state index contributed by atoms with van der Waals surface area (Å²) in [7, 11) is -4.20. The second-order valence-corrected chi connectivity index (χ2v) is 9.36. The van der Waals surface area contributed by atoms with Gasteiger partial charge in [-0.3, -0.25) is 9.89 Å². The minimum absolute atomic E-state index is 0.181. The van der Waals surface area contributed by atoms with Crippen LogP contribution >= 0.6 is 0 Å². The highest BCUT2D eigenvalue weighted by Crippen LogP contribution is 2.22. The van der Waals surface area contributed by atoms with Crippen LogP contribution in [0.2, 0.25) is 0 Å². The fourth-order valence-corrected chi connectivity index (χ4v) is 3.78. The maximum atomic E-state index is 13.9. The van der Waals surface area contributed by atoms with Crippen molar-refractivity contribution in [3.05, 3.63) is 41.8 Å². The van der Waals surface area contributed by atoms with E-state index in [2.05, 4.69) is 20.2 Å². The van der Waals surface area contributed by atoms with Crippen LogP contribution in [0.25, 0.3) is 0 Å². The molecule has 1 amide bonds. The first-order valence-electron chi connectivity index (χ1n) is 8.55. The van der Waals surface area contributed by atoms with E-state index in [9.17, 15) is 17.6 Å². The van der Waals surface area contributed by atoms with Crippen LogP contribution in [0.3, 0.4) is 0 Å². The summed E-state index contributed by atoms with van der Waals surface area (Å²) in [6.45, 7) is 9.36. The van der Waals surface area contributed by atoms with Gasteiger partial charge >= 0.3 is 0 Å². The predicted octanol–water partition coefficient (Wildman–Crippen LogP) is 2.79. The quantitative estimate of drug-likeness (QED) is 0.698. The number of aromatic nitrogens is 2. The number of aromatic amines is 1. The second-order valence-electron chi connectivity index (χ2n) is 7.68. The maximum absolute atomic E-state index is 13.9. The van der Waals surface area contributed by atoms with Crippen molar-refractivity contribution in [2.45, 2.75) is 51.0 Å². The molecule has 1 heterocycles. The van der Waals surface area contributed by atoms with Crippen molar-refractivity contribution in [1.29, 1.82) is 0 Å². The summed E-state index contributed by atoms with van der Waals surface area (Å²) in [5, 5.41) is 9.49. The number of H-pyrrole nitrogens is 1. The molecule has 1 atom stereocenters. The molecule has 0 saturated carbocycles. The molecule has 0 aliphatic heterocycles. The lowest BCUT2D eigenvalue weighted by Gasteiger charge is -2.21. The van der Waals surface area contributed by atoms with Gasteiger partial charge in [-0.05, 0) is 18.1 Å². The van der Waals surface area contributed by atoms with Crippen molar-refractivity contribution in [2.24, 2.45) is 5.92 Å². The number of carbonyl (C=O) groups excluding carboxylic acids is 1. The summed E-state index contributed by atoms with van der Waals surface area (Å²) in [4.78, 5) is 12.1. The first kappa shape index (κ1) is 21.0. The normalized spacial score (nSPS) is 13.6. The number of nitrogens with one attached hydrogen (secondary N) is 3. The Morgan fingerprint density at radius 2 is 1.85 bits per heavy atom. The predicted molar refractivity (Wildman–Crippen MR) is 101 cm³/mol. The molecule has 0 radical (unpaired) electrons. The van der Waals surface area contributed by atoms with Gasteiger partial charge in [-0.2, -0.15) is 9.82 Å². The van der Waals surface area contributed by atoms with E-state index in [1.807, 2.05) is 20.8 Å². The molecule has 2 aromatic rings. The minimum Gasteiger partial charge on any atom is -0.308 e. The van der Waals surface area contributed by atoms with Crippen molar-refractivity contribution in [1.82, 2.24) is 14.9 Å². The zero-order valence-corrected chi connectivity index (χ0v) is 16.8. The standard InChI is InChI=1S/C18H25FN4O3S/c1-11(2)16(23-27(25,26)13-9-7-6-8-12(13)19)17(24)20-15-10-14(21-22-15)18(3,4)5/h6-11,16,23H,1-5H3,(H2,20,21,22,24)/t16-/m0/s1. The van der Waals surface area contributed by atoms with Crippen molar-refractivity contribution in [2.75, 3.05) is 5.32 Å². The Morgan fingerprint density at radius 3 is 2.37 bits per heavy atom. The molecule has 3 N–H and O–H groups in total. The van der Waals surface area contributed by atoms with Gasteiger partial charge in [0.1, 0.15) is 16.8 Å². The maximum Gasteiger partial charge on any atom is 0.244 e. The highest BCUT2D eigenvalue weighted by atomic mass is 32.2. The number of carbonyl (C=O) groups is 1. The fraction of sp³-hybridized carbons (Fsp3) is 0.444. The fourth-order valence-electron chi connectivity index (χ4n) is 2.36. The Bertz CT molecular complexity index is 917. The lowest BCUT2D eigenvalue weighted by atomic mass is 9.92. The van der Waals surface area contributed by atoms with Gasteiger partial charge in [0, 0.05) is 17.2 Å². The number of hydrogen-bond acceptors (Lipinski definition) is 4. The van der Waals surface area contributed by atoms with Gasteiger partial charge in [0.2, 0.25) is 15.9 Å². The van der Waals surface area contributed by atoms with Gasteiger partial charge in [-0.1, -0.05) is 46.8 Å². The number of benzene rings is 1. The van der Waals surface area contributed by atoms with E-state index < -0.39 is 32.7 Å². The smallest absolute Gasteiger partial charge is 0.244 e. The van der Waals surface area contributed by atoms with Crippen LogP contribution in [0.1, 0.15) is 40.3 Å². The van der Waals surface area contributed by atoms with Gasteiger partial charge in [0.05, 0.1) is 0 Å². The molecule has 7 nitrogen and oxygen atoms in total. The van der Waals surface area contributed by atoms with E-state index in [0.29, 0.717) is 5.82 Å². The van der Waals surface area contributed by atoms with Crippen LogP contribution in [0, 0.1) is 11.7 Å². The molecule has 0 bridgehead atoms. The van der Waals surface area contributed by atoms with Crippen LogP contribution in [-0.2, 0) is 20.2 Å². The Morgan fingerprint density at radius 1 is 1.22 bits per heavy atom. The Labute approximate surface area is 158 Å². The van der Waals surface area contributed by atoms with Gasteiger partial charge in [-0.15, -0.1) is 0 Å². The van der Waals surface area contributed by atoms with Crippen LogP contribution < -0.4 is 10.0 Å². The van der Waals surface area contributed by atoms with Crippen molar-refractivity contribution in [3.8, 4) is 0 Å². The summed E-state index contributed by atoms with van der Waals surface area (Å²) in [6, 6.07) is 5.61. The number of amides is 1. The number of anilines is 1. The largest absolute Gasteiger partial charge is 0.308 e. The number of sulfonamides is 1. The molecule has 0 spiro atoms. The summed E-state index contributed by atoms with van der Waals surface area (Å²) >= 11 is 0. The number of halogens is 1. The van der Waals surface area contributed by atoms with Crippen LogP contribution in [-0.4, -0.2) is 30.6 Å². The molecule has 0 unspecified atom stereocenters. The topological polar surface area (TPSA) is 104 Å². The molecule has 0 aliphatic carbocycles. The Kier molecular flexibility index (Phi) is 6.06. The van der Waals surface area contributed by atoms with E-state index in [4.69, 9.17) is 0 Å². The summed E-state index contributed by atoms with van der Waals surface area (Å²) in [5.41, 5.74) is 0.644. The molecule has 0 aliphatic rings. The second kappa shape index (κ2) is 7.77. The van der Waals surface area contributed by atoms with Gasteiger partial charge < -0.3 is 5.32 Å². The molecule has 2 rings (SSSR count). The van der Waals surface area contributed by atoms with E-state index in [1.54, 1.807) is 19.9 Å². The molecule has 148 valence electrons. The highest BCUT2D eigenvalue weighted by molar-refractivity contribution is 7.89. The molecule has 0 saturated heterocycles. The zero-order chi connectivity index (χ0) is 20.4. The first-order chi connectivity index (χ1) is 12.4. The monoisotopic (exact) mass is 396 g/mol. The van der Waals surface area contributed by atoms with Gasteiger partial charge in [0.25, 0.3) is 0 Å². The van der Waals surface area contributed by atoms with Crippen molar-refractivity contribution < 1.29 is 17.6 Å². The van der Waals surface area contributed by atoms with E-state index in [0.717, 1.165) is 17.8 Å². The Hall–Kier alpha value is -2.26. The first-order valence-corrected chi connectivity index (χ1v) is 10.0. The SMILES string of the molecule is CC(C)[C@H](NS(=O)(=O)c1ccccc1F)C(=O)Nc1cc(C(C)(C)C)[nH]n1. The third kappa shape index (κ3) is 5.14. The minimum atomic E-state index is -4.20. The highest BCUT2D eigenvalue weighted by Gasteiger charge is 2.30. The summed E-state index contributed by atoms with van der Waals surface area (Å²) in [5.74, 6) is -1.53. The number of hydrogen-bond donors (Lipinski definition) is 3. The molecular formula is C18H25FN4O3S. The molecule has 1 aromatic carbocycles. The lowest BCUT2D eigenvalue weighted by Crippen LogP contribution is -2.47. The van der Waals surface area contributed by atoms with Gasteiger partial charge in [-0.25, -0.2) is 12.8 Å². The average molecular weight is 396 g/mol.